The molecule has 13 nitrogen and oxygen atoms in total. The first-order valence-corrected chi connectivity index (χ1v) is 20.8. The van der Waals surface area contributed by atoms with Gasteiger partial charge in [0.2, 0.25) is 17.7 Å². The Labute approximate surface area is 339 Å². The molecule has 1 aliphatic heterocycles. The standard InChI is InChI=1S/C41H50BrN5O8S/c1-8-23-18-41(23,38(52)53)46-36(50)30-15-25(19-47(30)37(51)27(40(5,6)7)16-32(48)55-24-11-9-10-12-24)54-31-17-28(43-34-26(31)14-13-22(4)33(34)42)29-20-56-39(44-29)45-35(49)21(2)3/h8,13-14,17,20-21,23-25,27,30H,1,9-12,15-16,18-19H2,2-7H3,(H,46,50)(H,52,53)(H,44,45,49)/t23-,25-,27-,30+,41-/m1/s1. The first-order valence-electron chi connectivity index (χ1n) is 19.1. The molecule has 3 heterocycles. The highest BCUT2D eigenvalue weighted by Gasteiger charge is 2.61. The van der Waals surface area contributed by atoms with Crippen molar-refractivity contribution in [1.29, 1.82) is 0 Å². The average Bonchev–Trinajstić information content (AvgIpc) is 3.55. The molecule has 56 heavy (non-hydrogen) atoms. The summed E-state index contributed by atoms with van der Waals surface area (Å²) in [6.45, 7) is 14.9. The highest BCUT2D eigenvalue weighted by Crippen LogP contribution is 2.45. The first kappa shape index (κ1) is 41.3. The molecular formula is C41H50BrN5O8S. The molecule has 5 atom stereocenters. The molecule has 0 radical (unpaired) electrons. The number of ether oxygens (including phenoxy) is 2. The SMILES string of the molecule is C=C[C@@H]1C[C@]1(NC(=O)[C@@H]1C[C@@H](Oc2cc(-c3csc(NC(=O)C(C)C)n3)nc3c(Br)c(C)ccc23)CN1C(=O)[C@@H](CC(=O)OC1CCCC1)C(C)(C)C)C(=O)O. The van der Waals surface area contributed by atoms with Gasteiger partial charge in [0.15, 0.2) is 5.13 Å². The molecule has 1 aromatic carbocycles. The van der Waals surface area contributed by atoms with Crippen molar-refractivity contribution >= 4 is 73.0 Å². The van der Waals surface area contributed by atoms with E-state index in [1.807, 2.05) is 39.8 Å². The monoisotopic (exact) mass is 851 g/mol. The molecule has 0 bridgehead atoms. The Morgan fingerprint density at radius 3 is 2.46 bits per heavy atom. The Kier molecular flexibility index (Phi) is 12.0. The molecule has 6 rings (SSSR count). The number of rotatable bonds is 13. The average molecular weight is 853 g/mol. The maximum Gasteiger partial charge on any atom is 0.330 e. The van der Waals surface area contributed by atoms with Crippen molar-refractivity contribution in [2.45, 2.75) is 110 Å². The topological polar surface area (TPSA) is 177 Å². The van der Waals surface area contributed by atoms with Gasteiger partial charge in [0.05, 0.1) is 30.1 Å². The van der Waals surface area contributed by atoms with Crippen LogP contribution in [0.2, 0.25) is 0 Å². The van der Waals surface area contributed by atoms with Crippen LogP contribution in [0.1, 0.15) is 85.1 Å². The zero-order valence-electron chi connectivity index (χ0n) is 32.6. The Morgan fingerprint density at radius 1 is 1.12 bits per heavy atom. The fraction of sp³-hybridized carbons (Fsp3) is 0.537. The number of carboxylic acids is 1. The molecule has 0 spiro atoms. The minimum Gasteiger partial charge on any atom is -0.488 e. The normalized spacial score (nSPS) is 22.9. The summed E-state index contributed by atoms with van der Waals surface area (Å²) in [7, 11) is 0. The third kappa shape index (κ3) is 8.63. The van der Waals surface area contributed by atoms with Crippen LogP contribution in [0.5, 0.6) is 5.75 Å². The summed E-state index contributed by atoms with van der Waals surface area (Å²) >= 11 is 4.97. The second kappa shape index (κ2) is 16.2. The summed E-state index contributed by atoms with van der Waals surface area (Å²) < 4.78 is 13.2. The summed E-state index contributed by atoms with van der Waals surface area (Å²) in [5.41, 5.74) is 0.367. The van der Waals surface area contributed by atoms with E-state index < -0.39 is 58.7 Å². The van der Waals surface area contributed by atoms with Crippen LogP contribution < -0.4 is 15.4 Å². The smallest absolute Gasteiger partial charge is 0.330 e. The maximum atomic E-state index is 14.7. The molecular weight excluding hydrogens is 802 g/mol. The second-order valence-electron chi connectivity index (χ2n) is 16.6. The number of likely N-dealkylation sites (tertiary alicyclic amines) is 1. The Hall–Kier alpha value is -4.37. The number of aliphatic carboxylic acids is 1. The number of carbonyl (C=O) groups is 5. The van der Waals surface area contributed by atoms with Gasteiger partial charge in [-0.2, -0.15) is 0 Å². The number of hydrogen-bond donors (Lipinski definition) is 3. The van der Waals surface area contributed by atoms with Crippen molar-refractivity contribution in [3.63, 3.8) is 0 Å². The third-order valence-electron chi connectivity index (χ3n) is 11.1. The zero-order valence-corrected chi connectivity index (χ0v) is 35.1. The number of carbonyl (C=O) groups excluding carboxylic acids is 4. The van der Waals surface area contributed by atoms with Gasteiger partial charge >= 0.3 is 11.9 Å². The lowest BCUT2D eigenvalue weighted by Crippen LogP contribution is -2.54. The Balaban J connectivity index is 1.33. The summed E-state index contributed by atoms with van der Waals surface area (Å²) in [5, 5.41) is 18.6. The number of aryl methyl sites for hydroxylation is 1. The van der Waals surface area contributed by atoms with Crippen molar-refractivity contribution in [2.75, 3.05) is 11.9 Å². The van der Waals surface area contributed by atoms with Gasteiger partial charge in [-0.05, 0) is 72.0 Å². The molecule has 15 heteroatoms. The summed E-state index contributed by atoms with van der Waals surface area (Å²) in [6, 6.07) is 4.49. The number of pyridine rings is 1. The molecule has 2 saturated carbocycles. The van der Waals surface area contributed by atoms with E-state index in [4.69, 9.17) is 14.5 Å². The van der Waals surface area contributed by atoms with E-state index in [-0.39, 0.29) is 43.7 Å². The third-order valence-corrected chi connectivity index (χ3v) is 12.8. The van der Waals surface area contributed by atoms with Gasteiger partial charge in [-0.15, -0.1) is 17.9 Å². The van der Waals surface area contributed by atoms with Crippen LogP contribution >= 0.6 is 27.3 Å². The minimum absolute atomic E-state index is 0.000391. The van der Waals surface area contributed by atoms with E-state index in [2.05, 4.69) is 38.1 Å². The number of halogens is 1. The number of hydrogen-bond acceptors (Lipinski definition) is 10. The predicted molar refractivity (Wildman–Crippen MR) is 216 cm³/mol. The quantitative estimate of drug-likeness (QED) is 0.119. The maximum absolute atomic E-state index is 14.7. The van der Waals surface area contributed by atoms with Crippen LogP contribution in [0.3, 0.4) is 0 Å². The first-order chi connectivity index (χ1) is 26.4. The highest BCUT2D eigenvalue weighted by atomic mass is 79.9. The fourth-order valence-corrected chi connectivity index (χ4v) is 8.64. The van der Waals surface area contributed by atoms with Gasteiger partial charge in [-0.1, -0.05) is 46.8 Å². The van der Waals surface area contributed by atoms with Crippen LogP contribution in [-0.2, 0) is 28.7 Å². The van der Waals surface area contributed by atoms with Crippen LogP contribution in [0.4, 0.5) is 5.13 Å². The molecule has 2 aliphatic carbocycles. The van der Waals surface area contributed by atoms with E-state index in [9.17, 15) is 29.1 Å². The number of fused-ring (bicyclic) bond motifs is 1. The number of benzene rings is 1. The number of amides is 3. The van der Waals surface area contributed by atoms with Gasteiger partial charge in [-0.3, -0.25) is 19.2 Å². The van der Waals surface area contributed by atoms with Crippen molar-refractivity contribution in [3.05, 3.63) is 46.3 Å². The second-order valence-corrected chi connectivity index (χ2v) is 18.2. The van der Waals surface area contributed by atoms with E-state index in [0.29, 0.717) is 33.2 Å². The lowest BCUT2D eigenvalue weighted by atomic mass is 9.77. The molecule has 0 unspecified atom stereocenters. The number of nitrogens with one attached hydrogen (secondary N) is 2. The highest BCUT2D eigenvalue weighted by molar-refractivity contribution is 9.10. The molecule has 3 fully saturated rings. The van der Waals surface area contributed by atoms with Gasteiger partial charge in [-0.25, -0.2) is 14.8 Å². The molecule has 3 aromatic rings. The number of esters is 1. The minimum atomic E-state index is -1.51. The zero-order chi connectivity index (χ0) is 40.7. The van der Waals surface area contributed by atoms with E-state index in [1.165, 1.54) is 22.3 Å². The van der Waals surface area contributed by atoms with Crippen LogP contribution in [0.25, 0.3) is 22.3 Å². The van der Waals surface area contributed by atoms with Crippen molar-refractivity contribution in [3.8, 4) is 17.1 Å². The Morgan fingerprint density at radius 2 is 1.84 bits per heavy atom. The largest absolute Gasteiger partial charge is 0.488 e. The van der Waals surface area contributed by atoms with Gasteiger partial charge < -0.3 is 30.1 Å². The molecule has 300 valence electrons. The van der Waals surface area contributed by atoms with Crippen molar-refractivity contribution in [2.24, 2.45) is 23.2 Å². The fourth-order valence-electron chi connectivity index (χ4n) is 7.50. The summed E-state index contributed by atoms with van der Waals surface area (Å²) in [5.74, 6) is -3.89. The van der Waals surface area contributed by atoms with E-state index in [1.54, 1.807) is 25.3 Å². The number of aromatic nitrogens is 2. The van der Waals surface area contributed by atoms with E-state index >= 15 is 0 Å². The number of nitrogens with zero attached hydrogens (tertiary/aromatic N) is 3. The molecule has 1 saturated heterocycles. The predicted octanol–water partition coefficient (Wildman–Crippen LogP) is 7.06. The molecule has 2 aromatic heterocycles. The van der Waals surface area contributed by atoms with Crippen LogP contribution in [0.15, 0.2) is 40.7 Å². The van der Waals surface area contributed by atoms with Gasteiger partial charge in [0, 0.05) is 39.6 Å². The molecule has 3 amide bonds. The van der Waals surface area contributed by atoms with E-state index in [0.717, 1.165) is 35.7 Å². The number of carboxylic acid groups (broad SMARTS) is 1. The van der Waals surface area contributed by atoms with Crippen LogP contribution in [-0.4, -0.2) is 80.0 Å². The van der Waals surface area contributed by atoms with Crippen molar-refractivity contribution < 1.29 is 38.6 Å². The lowest BCUT2D eigenvalue weighted by Gasteiger charge is -2.35. The summed E-state index contributed by atoms with van der Waals surface area (Å²) in [6.07, 6.45) is 4.30. The summed E-state index contributed by atoms with van der Waals surface area (Å²) in [4.78, 5) is 77.8. The lowest BCUT2D eigenvalue weighted by molar-refractivity contribution is -0.156. The molecule has 3 aliphatic rings. The van der Waals surface area contributed by atoms with Gasteiger partial charge in [0.25, 0.3) is 0 Å². The molecule has 3 N–H and O–H groups in total. The van der Waals surface area contributed by atoms with Crippen LogP contribution in [0, 0.1) is 30.1 Å². The van der Waals surface area contributed by atoms with Crippen molar-refractivity contribution in [1.82, 2.24) is 20.2 Å². The van der Waals surface area contributed by atoms with Gasteiger partial charge in [0.1, 0.15) is 35.2 Å². The Bertz CT molecular complexity index is 2060. The number of anilines is 1. The number of thiazole rings is 1.